The molecule has 2 rings (SSSR count). The van der Waals surface area contributed by atoms with E-state index in [4.69, 9.17) is 5.11 Å². The minimum atomic E-state index is -2.91. The maximum Gasteiger partial charge on any atom is 0.307 e. The van der Waals surface area contributed by atoms with E-state index < -0.39 is 42.6 Å². The number of likely N-dealkylation sites (tertiary alicyclic amines) is 1. The lowest BCUT2D eigenvalue weighted by atomic mass is 9.95. The van der Waals surface area contributed by atoms with E-state index in [-0.39, 0.29) is 25.2 Å². The number of Topliss-reactive ketones (excluding diaryl/α,β-unsaturated/α-hetero) is 1. The van der Waals surface area contributed by atoms with Crippen molar-refractivity contribution in [1.29, 1.82) is 0 Å². The Hall–Kier alpha value is -1.53. The molecule has 1 saturated carbocycles. The van der Waals surface area contributed by atoms with E-state index in [1.54, 1.807) is 0 Å². The molecule has 0 aromatic rings. The number of ketones is 1. The van der Waals surface area contributed by atoms with Crippen LogP contribution in [-0.2, 0) is 14.4 Å². The molecular weight excluding hydrogens is 248 g/mol. The van der Waals surface area contributed by atoms with Crippen LogP contribution >= 0.6 is 0 Å². The summed E-state index contributed by atoms with van der Waals surface area (Å²) < 4.78 is 26.0. The highest BCUT2D eigenvalue weighted by Crippen LogP contribution is 2.34. The van der Waals surface area contributed by atoms with Crippen LogP contribution in [0.2, 0.25) is 0 Å². The van der Waals surface area contributed by atoms with E-state index in [2.05, 4.69) is 0 Å². The third kappa shape index (κ3) is 2.34. The number of carbonyl (C=O) groups excluding carboxylic acids is 2. The lowest BCUT2D eigenvalue weighted by Gasteiger charge is -2.22. The highest BCUT2D eigenvalue weighted by molar-refractivity contribution is 5.96. The number of halogens is 2. The Balaban J connectivity index is 2.09. The molecule has 2 aliphatic rings. The van der Waals surface area contributed by atoms with Crippen molar-refractivity contribution in [2.24, 2.45) is 11.8 Å². The van der Waals surface area contributed by atoms with Crippen molar-refractivity contribution in [2.45, 2.75) is 25.2 Å². The van der Waals surface area contributed by atoms with E-state index in [0.29, 0.717) is 0 Å². The number of carboxylic acids is 1. The van der Waals surface area contributed by atoms with Gasteiger partial charge in [0.25, 0.3) is 5.92 Å². The van der Waals surface area contributed by atoms with Gasteiger partial charge in [0.2, 0.25) is 5.91 Å². The van der Waals surface area contributed by atoms with E-state index in [1.165, 1.54) is 0 Å². The molecule has 0 bridgehead atoms. The summed E-state index contributed by atoms with van der Waals surface area (Å²) in [5.74, 6) is -7.11. The number of hydrogen-bond acceptors (Lipinski definition) is 3. The molecule has 1 amide bonds. The molecule has 1 aliphatic heterocycles. The van der Waals surface area contributed by atoms with Gasteiger partial charge >= 0.3 is 5.97 Å². The van der Waals surface area contributed by atoms with Gasteiger partial charge in [0.05, 0.1) is 18.4 Å². The fourth-order valence-electron chi connectivity index (χ4n) is 2.54. The molecule has 1 heterocycles. The Labute approximate surface area is 102 Å². The van der Waals surface area contributed by atoms with E-state index in [0.717, 1.165) is 4.90 Å². The summed E-state index contributed by atoms with van der Waals surface area (Å²) in [5, 5.41) is 8.92. The van der Waals surface area contributed by atoms with Crippen LogP contribution in [0.3, 0.4) is 0 Å². The average molecular weight is 261 g/mol. The summed E-state index contributed by atoms with van der Waals surface area (Å²) in [5.41, 5.74) is 0. The third-order valence-electron chi connectivity index (χ3n) is 3.50. The minimum Gasteiger partial charge on any atom is -0.481 e. The fourth-order valence-corrected chi connectivity index (χ4v) is 2.54. The number of aliphatic carboxylic acids is 1. The number of amides is 1. The molecule has 7 heteroatoms. The van der Waals surface area contributed by atoms with Crippen LogP contribution < -0.4 is 0 Å². The van der Waals surface area contributed by atoms with E-state index >= 15 is 0 Å². The zero-order chi connectivity index (χ0) is 13.5. The summed E-state index contributed by atoms with van der Waals surface area (Å²) >= 11 is 0. The molecule has 5 nitrogen and oxygen atoms in total. The molecule has 0 spiro atoms. The number of carbonyl (C=O) groups is 3. The molecule has 0 unspecified atom stereocenters. The van der Waals surface area contributed by atoms with E-state index in [1.807, 2.05) is 0 Å². The van der Waals surface area contributed by atoms with Gasteiger partial charge in [-0.15, -0.1) is 0 Å². The standard InChI is InChI=1S/C11H13F2NO4/c12-11(13)1-2-14(5-11)9(16)7-3-6(15)4-8(7)10(17)18/h7-8H,1-5H2,(H,17,18)/t7-,8-/m1/s1. The van der Waals surface area contributed by atoms with Gasteiger partial charge in [-0.05, 0) is 0 Å². The van der Waals surface area contributed by atoms with Crippen LogP contribution in [0.5, 0.6) is 0 Å². The lowest BCUT2D eigenvalue weighted by Crippen LogP contribution is -2.39. The van der Waals surface area contributed by atoms with Gasteiger partial charge in [-0.2, -0.15) is 0 Å². The largest absolute Gasteiger partial charge is 0.481 e. The fraction of sp³-hybridized carbons (Fsp3) is 0.727. The van der Waals surface area contributed by atoms with Crippen molar-refractivity contribution in [3.8, 4) is 0 Å². The number of hydrogen-bond donors (Lipinski definition) is 1. The smallest absolute Gasteiger partial charge is 0.307 e. The first-order valence-electron chi connectivity index (χ1n) is 5.71. The Kier molecular flexibility index (Phi) is 3.08. The molecule has 18 heavy (non-hydrogen) atoms. The molecule has 0 radical (unpaired) electrons. The summed E-state index contributed by atoms with van der Waals surface area (Å²) in [6, 6.07) is 0. The van der Waals surface area contributed by atoms with Crippen molar-refractivity contribution < 1.29 is 28.3 Å². The Morgan fingerprint density at radius 1 is 1.28 bits per heavy atom. The Morgan fingerprint density at radius 2 is 1.89 bits per heavy atom. The monoisotopic (exact) mass is 261 g/mol. The summed E-state index contributed by atoms with van der Waals surface area (Å²) in [6.45, 7) is -0.758. The van der Waals surface area contributed by atoms with Crippen molar-refractivity contribution in [3.63, 3.8) is 0 Å². The van der Waals surface area contributed by atoms with Gasteiger partial charge in [-0.25, -0.2) is 8.78 Å². The Morgan fingerprint density at radius 3 is 2.39 bits per heavy atom. The van der Waals surface area contributed by atoms with Gasteiger partial charge < -0.3 is 10.0 Å². The Bertz CT molecular complexity index is 410. The molecule has 2 fully saturated rings. The molecule has 1 N–H and O–H groups in total. The molecule has 2 atom stereocenters. The summed E-state index contributed by atoms with van der Waals surface area (Å²) in [7, 11) is 0. The number of alkyl halides is 2. The highest BCUT2D eigenvalue weighted by Gasteiger charge is 2.47. The highest BCUT2D eigenvalue weighted by atomic mass is 19.3. The van der Waals surface area contributed by atoms with Crippen LogP contribution in [0.1, 0.15) is 19.3 Å². The molecule has 100 valence electrons. The van der Waals surface area contributed by atoms with Gasteiger partial charge in [-0.3, -0.25) is 14.4 Å². The first kappa shape index (κ1) is 12.9. The first-order chi connectivity index (χ1) is 8.30. The molecular formula is C11H13F2NO4. The van der Waals surface area contributed by atoms with E-state index in [9.17, 15) is 23.2 Å². The quantitative estimate of drug-likeness (QED) is 0.787. The molecule has 0 aromatic carbocycles. The number of rotatable bonds is 2. The second kappa shape index (κ2) is 4.29. The second-order valence-electron chi connectivity index (χ2n) is 4.86. The number of nitrogens with zero attached hydrogens (tertiary/aromatic N) is 1. The predicted molar refractivity (Wildman–Crippen MR) is 55.0 cm³/mol. The summed E-state index contributed by atoms with van der Waals surface area (Å²) in [4.78, 5) is 35.1. The zero-order valence-electron chi connectivity index (χ0n) is 9.57. The van der Waals surface area contributed by atoms with Crippen molar-refractivity contribution in [2.75, 3.05) is 13.1 Å². The van der Waals surface area contributed by atoms with Crippen LogP contribution in [0.25, 0.3) is 0 Å². The maximum absolute atomic E-state index is 13.0. The first-order valence-corrected chi connectivity index (χ1v) is 5.71. The SMILES string of the molecule is O=C1C[C@@H](C(=O)O)[C@H](C(=O)N2CCC(F)(F)C2)C1. The van der Waals surface area contributed by atoms with Crippen LogP contribution in [0.4, 0.5) is 8.78 Å². The summed E-state index contributed by atoms with van der Waals surface area (Å²) in [6.07, 6.45) is -0.745. The van der Waals surface area contributed by atoms with Gasteiger partial charge in [0, 0.05) is 25.8 Å². The third-order valence-corrected chi connectivity index (χ3v) is 3.50. The normalized spacial score (nSPS) is 30.8. The van der Waals surface area contributed by atoms with Crippen LogP contribution in [0.15, 0.2) is 0 Å². The topological polar surface area (TPSA) is 74.7 Å². The zero-order valence-corrected chi connectivity index (χ0v) is 9.57. The number of carboxylic acid groups (broad SMARTS) is 1. The van der Waals surface area contributed by atoms with Crippen molar-refractivity contribution >= 4 is 17.7 Å². The lowest BCUT2D eigenvalue weighted by molar-refractivity contribution is -0.149. The van der Waals surface area contributed by atoms with Crippen molar-refractivity contribution in [1.82, 2.24) is 4.90 Å². The molecule has 0 aromatic heterocycles. The van der Waals surface area contributed by atoms with Crippen LogP contribution in [-0.4, -0.2) is 46.7 Å². The molecule has 1 aliphatic carbocycles. The van der Waals surface area contributed by atoms with Crippen LogP contribution in [0, 0.1) is 11.8 Å². The second-order valence-corrected chi connectivity index (χ2v) is 4.86. The molecule has 1 saturated heterocycles. The van der Waals surface area contributed by atoms with Gasteiger partial charge in [0.1, 0.15) is 5.78 Å². The average Bonchev–Trinajstić information content (AvgIpc) is 2.80. The predicted octanol–water partition coefficient (Wildman–Crippen LogP) is 0.534. The minimum absolute atomic E-state index is 0.0805. The van der Waals surface area contributed by atoms with Gasteiger partial charge in [0.15, 0.2) is 0 Å². The van der Waals surface area contributed by atoms with Gasteiger partial charge in [-0.1, -0.05) is 0 Å². The maximum atomic E-state index is 13.0. The van der Waals surface area contributed by atoms with Crippen molar-refractivity contribution in [3.05, 3.63) is 0 Å².